The van der Waals surface area contributed by atoms with E-state index in [1.54, 1.807) is 22.4 Å². The van der Waals surface area contributed by atoms with Gasteiger partial charge in [-0.25, -0.2) is 9.78 Å². The first-order valence-corrected chi connectivity index (χ1v) is 7.34. The summed E-state index contributed by atoms with van der Waals surface area (Å²) in [6.45, 7) is 2.50. The van der Waals surface area contributed by atoms with Gasteiger partial charge in [0.2, 0.25) is 0 Å². The Morgan fingerprint density at radius 1 is 1.25 bits per heavy atom. The fourth-order valence-electron chi connectivity index (χ4n) is 2.03. The van der Waals surface area contributed by atoms with Gasteiger partial charge in [0.05, 0.1) is 13.2 Å². The summed E-state index contributed by atoms with van der Waals surface area (Å²) in [5.74, 6) is 0. The van der Waals surface area contributed by atoms with Crippen molar-refractivity contribution in [3.8, 4) is 10.6 Å². The number of ether oxygens (including phenoxy) is 1. The molecule has 1 saturated heterocycles. The molecule has 0 radical (unpaired) electrons. The molecule has 3 rings (SSSR count). The second-order valence-corrected chi connectivity index (χ2v) is 5.34. The molecule has 2 aromatic rings. The molecule has 1 aliphatic rings. The van der Waals surface area contributed by atoms with Crippen molar-refractivity contribution in [2.24, 2.45) is 0 Å². The van der Waals surface area contributed by atoms with E-state index in [-0.39, 0.29) is 6.03 Å². The standard InChI is InChI=1S/C14H15N3O2S/c18-14(17-6-8-19-9-7-17)16-12-3-1-11(2-4-12)13-15-5-10-20-13/h1-5,10H,6-9H2,(H,16,18). The van der Waals surface area contributed by atoms with E-state index in [0.717, 1.165) is 16.3 Å². The van der Waals surface area contributed by atoms with Gasteiger partial charge in [-0.2, -0.15) is 0 Å². The van der Waals surface area contributed by atoms with Crippen LogP contribution in [-0.2, 0) is 4.74 Å². The third-order valence-electron chi connectivity index (χ3n) is 3.11. The van der Waals surface area contributed by atoms with Crippen molar-refractivity contribution in [1.82, 2.24) is 9.88 Å². The van der Waals surface area contributed by atoms with Crippen LogP contribution in [0.1, 0.15) is 0 Å². The maximum atomic E-state index is 12.0. The zero-order valence-corrected chi connectivity index (χ0v) is 11.7. The van der Waals surface area contributed by atoms with Crippen molar-refractivity contribution in [3.05, 3.63) is 35.8 Å². The van der Waals surface area contributed by atoms with Crippen molar-refractivity contribution in [1.29, 1.82) is 0 Å². The highest BCUT2D eigenvalue weighted by Gasteiger charge is 2.16. The highest BCUT2D eigenvalue weighted by atomic mass is 32.1. The van der Waals surface area contributed by atoms with Crippen LogP contribution in [0, 0.1) is 0 Å². The first-order chi connectivity index (χ1) is 9.83. The Hall–Kier alpha value is -1.92. The van der Waals surface area contributed by atoms with Crippen LogP contribution in [0.3, 0.4) is 0 Å². The van der Waals surface area contributed by atoms with E-state index in [4.69, 9.17) is 4.74 Å². The molecule has 5 nitrogen and oxygen atoms in total. The smallest absolute Gasteiger partial charge is 0.321 e. The van der Waals surface area contributed by atoms with Crippen LogP contribution < -0.4 is 5.32 Å². The number of carbonyl (C=O) groups is 1. The highest BCUT2D eigenvalue weighted by Crippen LogP contribution is 2.23. The van der Waals surface area contributed by atoms with Crippen molar-refractivity contribution in [3.63, 3.8) is 0 Å². The van der Waals surface area contributed by atoms with E-state index in [1.165, 1.54) is 0 Å². The molecule has 2 amide bonds. The van der Waals surface area contributed by atoms with E-state index < -0.39 is 0 Å². The Morgan fingerprint density at radius 2 is 2.00 bits per heavy atom. The second kappa shape index (κ2) is 6.02. The molecule has 1 aromatic carbocycles. The topological polar surface area (TPSA) is 54.5 Å². The maximum Gasteiger partial charge on any atom is 0.321 e. The Morgan fingerprint density at radius 3 is 2.65 bits per heavy atom. The summed E-state index contributed by atoms with van der Waals surface area (Å²) in [5, 5.41) is 5.83. The van der Waals surface area contributed by atoms with Gasteiger partial charge in [-0.1, -0.05) is 0 Å². The molecule has 104 valence electrons. The summed E-state index contributed by atoms with van der Waals surface area (Å²) in [6.07, 6.45) is 1.79. The molecule has 20 heavy (non-hydrogen) atoms. The van der Waals surface area contributed by atoms with Gasteiger partial charge in [-0.3, -0.25) is 0 Å². The van der Waals surface area contributed by atoms with Crippen molar-refractivity contribution < 1.29 is 9.53 Å². The van der Waals surface area contributed by atoms with Crippen molar-refractivity contribution in [2.45, 2.75) is 0 Å². The molecular weight excluding hydrogens is 274 g/mol. The third kappa shape index (κ3) is 2.97. The minimum absolute atomic E-state index is 0.0738. The number of nitrogens with one attached hydrogen (secondary N) is 1. The van der Waals surface area contributed by atoms with Gasteiger partial charge < -0.3 is 15.0 Å². The van der Waals surface area contributed by atoms with E-state index >= 15 is 0 Å². The number of urea groups is 1. The zero-order chi connectivity index (χ0) is 13.8. The lowest BCUT2D eigenvalue weighted by Gasteiger charge is -2.26. The van der Waals surface area contributed by atoms with Crippen LogP contribution in [0.25, 0.3) is 10.6 Å². The van der Waals surface area contributed by atoms with E-state index in [2.05, 4.69) is 10.3 Å². The molecule has 0 unspecified atom stereocenters. The Labute approximate surface area is 121 Å². The Bertz CT molecular complexity index is 563. The molecule has 0 saturated carbocycles. The predicted octanol–water partition coefficient (Wildman–Crippen LogP) is 2.67. The highest BCUT2D eigenvalue weighted by molar-refractivity contribution is 7.13. The molecule has 0 spiro atoms. The molecule has 1 fully saturated rings. The second-order valence-electron chi connectivity index (χ2n) is 4.44. The average molecular weight is 289 g/mol. The summed E-state index contributed by atoms with van der Waals surface area (Å²) >= 11 is 1.60. The first-order valence-electron chi connectivity index (χ1n) is 6.46. The molecule has 6 heteroatoms. The van der Waals surface area contributed by atoms with Crippen LogP contribution in [-0.4, -0.2) is 42.2 Å². The molecule has 0 aliphatic carbocycles. The van der Waals surface area contributed by atoms with E-state index in [9.17, 15) is 4.79 Å². The lowest BCUT2D eigenvalue weighted by atomic mass is 10.2. The van der Waals surface area contributed by atoms with E-state index in [0.29, 0.717) is 26.3 Å². The lowest BCUT2D eigenvalue weighted by molar-refractivity contribution is 0.0564. The third-order valence-corrected chi connectivity index (χ3v) is 3.94. The quantitative estimate of drug-likeness (QED) is 0.924. The number of aromatic nitrogens is 1. The summed E-state index contributed by atoms with van der Waals surface area (Å²) < 4.78 is 5.23. The first kappa shape index (κ1) is 13.1. The van der Waals surface area contributed by atoms with Crippen LogP contribution in [0.5, 0.6) is 0 Å². The Kier molecular flexibility index (Phi) is 3.94. The number of thiazole rings is 1. The van der Waals surface area contributed by atoms with Gasteiger partial charge in [0.1, 0.15) is 5.01 Å². The largest absolute Gasteiger partial charge is 0.378 e. The summed E-state index contributed by atoms with van der Waals surface area (Å²) in [5.41, 5.74) is 1.85. The molecule has 1 aromatic heterocycles. The Balaban J connectivity index is 1.64. The molecule has 0 atom stereocenters. The summed E-state index contributed by atoms with van der Waals surface area (Å²) in [4.78, 5) is 18.1. The minimum Gasteiger partial charge on any atom is -0.378 e. The molecule has 1 aliphatic heterocycles. The van der Waals surface area contributed by atoms with Crippen LogP contribution in [0.4, 0.5) is 10.5 Å². The van der Waals surface area contributed by atoms with Crippen LogP contribution in [0.15, 0.2) is 35.8 Å². The number of amides is 2. The maximum absolute atomic E-state index is 12.0. The van der Waals surface area contributed by atoms with Gasteiger partial charge in [-0.15, -0.1) is 11.3 Å². The van der Waals surface area contributed by atoms with Gasteiger partial charge >= 0.3 is 6.03 Å². The fourth-order valence-corrected chi connectivity index (χ4v) is 2.68. The number of hydrogen-bond acceptors (Lipinski definition) is 4. The number of benzene rings is 1. The minimum atomic E-state index is -0.0738. The predicted molar refractivity (Wildman–Crippen MR) is 79.0 cm³/mol. The molecule has 0 bridgehead atoms. The number of rotatable bonds is 2. The fraction of sp³-hybridized carbons (Fsp3) is 0.286. The molecule has 1 N–H and O–H groups in total. The van der Waals surface area contributed by atoms with Crippen LogP contribution in [0.2, 0.25) is 0 Å². The molecular formula is C14H15N3O2S. The van der Waals surface area contributed by atoms with Crippen LogP contribution >= 0.6 is 11.3 Å². The van der Waals surface area contributed by atoms with Crippen molar-refractivity contribution in [2.75, 3.05) is 31.6 Å². The summed E-state index contributed by atoms with van der Waals surface area (Å²) in [6, 6.07) is 7.65. The summed E-state index contributed by atoms with van der Waals surface area (Å²) in [7, 11) is 0. The van der Waals surface area contributed by atoms with Gasteiger partial charge in [0, 0.05) is 35.9 Å². The number of morpholine rings is 1. The SMILES string of the molecule is O=C(Nc1ccc(-c2nccs2)cc1)N1CCOCC1. The average Bonchev–Trinajstić information content (AvgIpc) is 3.03. The van der Waals surface area contributed by atoms with Gasteiger partial charge in [0.15, 0.2) is 0 Å². The zero-order valence-electron chi connectivity index (χ0n) is 10.9. The van der Waals surface area contributed by atoms with Crippen molar-refractivity contribution >= 4 is 23.1 Å². The monoisotopic (exact) mass is 289 g/mol. The molecule has 2 heterocycles. The van der Waals surface area contributed by atoms with Gasteiger partial charge in [-0.05, 0) is 24.3 Å². The number of nitrogens with zero attached hydrogens (tertiary/aromatic N) is 2. The lowest BCUT2D eigenvalue weighted by Crippen LogP contribution is -2.43. The van der Waals surface area contributed by atoms with Gasteiger partial charge in [0.25, 0.3) is 0 Å². The number of carbonyl (C=O) groups excluding carboxylic acids is 1. The number of anilines is 1. The van der Waals surface area contributed by atoms with E-state index in [1.807, 2.05) is 29.6 Å². The normalized spacial score (nSPS) is 15.1. The number of hydrogen-bond donors (Lipinski definition) is 1.